The van der Waals surface area contributed by atoms with Crippen LogP contribution < -0.4 is 10.6 Å². The van der Waals surface area contributed by atoms with Gasteiger partial charge in [-0.25, -0.2) is 0 Å². The monoisotopic (exact) mass is 300 g/mol. The van der Waals surface area contributed by atoms with Crippen LogP contribution >= 0.6 is 0 Å². The van der Waals surface area contributed by atoms with Crippen LogP contribution in [0.25, 0.3) is 0 Å². The number of aldehydes is 1. The Labute approximate surface area is 122 Å². The van der Waals surface area contributed by atoms with E-state index in [0.717, 1.165) is 25.5 Å². The first kappa shape index (κ1) is 16.2. The molecule has 0 unspecified atom stereocenters. The molecule has 89 valence electrons. The van der Waals surface area contributed by atoms with Crippen LogP contribution in [-0.4, -0.2) is 24.3 Å². The summed E-state index contributed by atoms with van der Waals surface area (Å²) in [5.41, 5.74) is 0. The Morgan fingerprint density at radius 2 is 2.25 bits per heavy atom. The quantitative estimate of drug-likeness (QED) is 0.578. The van der Waals surface area contributed by atoms with Crippen molar-refractivity contribution in [3.8, 4) is 0 Å². The van der Waals surface area contributed by atoms with Crippen molar-refractivity contribution in [3.05, 3.63) is 7.05 Å². The van der Waals surface area contributed by atoms with Gasteiger partial charge in [0, 0.05) is 38.6 Å². The maximum absolute atomic E-state index is 11.7. The molecule has 1 radical (unpaired) electrons. The van der Waals surface area contributed by atoms with Crippen LogP contribution in [0.4, 0.5) is 0 Å². The number of carbonyl (C=O) groups excluding carboxylic acids is 2. The number of nitrogens with one attached hydrogen (secondary N) is 2. The molecule has 2 N–H and O–H groups in total. The average Bonchev–Trinajstić information content (AvgIpc) is 2.74. The average molecular weight is 300 g/mol. The van der Waals surface area contributed by atoms with E-state index in [1.165, 1.54) is 0 Å². The predicted molar refractivity (Wildman–Crippen MR) is 57.9 cm³/mol. The Hall–Kier alpha value is 0.204. The largest absolute Gasteiger partial charge is 0.470 e. The predicted octanol–water partition coefficient (Wildman–Crippen LogP) is 0.627. The maximum atomic E-state index is 11.7. The summed E-state index contributed by atoms with van der Waals surface area (Å²) < 4.78 is 0. The fourth-order valence-corrected chi connectivity index (χ4v) is 1.94. The van der Waals surface area contributed by atoms with E-state index in [1.807, 2.05) is 6.92 Å². The minimum atomic E-state index is -0.329. The van der Waals surface area contributed by atoms with Gasteiger partial charge >= 0.3 is 0 Å². The van der Waals surface area contributed by atoms with E-state index >= 15 is 0 Å². The van der Waals surface area contributed by atoms with Crippen LogP contribution in [-0.2, 0) is 42.3 Å². The van der Waals surface area contributed by atoms with Crippen molar-refractivity contribution in [1.82, 2.24) is 10.6 Å². The summed E-state index contributed by atoms with van der Waals surface area (Å²) >= 11 is 0. The zero-order chi connectivity index (χ0) is 11.3. The molecule has 0 aliphatic heterocycles. The topological polar surface area (TPSA) is 58.2 Å². The number of hydrogen-bond donors (Lipinski definition) is 2. The van der Waals surface area contributed by atoms with Gasteiger partial charge in [0.2, 0.25) is 5.91 Å². The maximum Gasteiger partial charge on any atom is 0.223 e. The minimum absolute atomic E-state index is 0. The van der Waals surface area contributed by atoms with E-state index in [1.54, 1.807) is 0 Å². The van der Waals surface area contributed by atoms with E-state index in [2.05, 4.69) is 17.7 Å². The van der Waals surface area contributed by atoms with Gasteiger partial charge in [-0.15, -0.1) is 0 Å². The SMILES string of the molecule is [CH2-]N[C@H]1CC[C@H](C(=O)N[C@H](C=O)CC)C1.[Y]. The molecule has 0 heterocycles. The van der Waals surface area contributed by atoms with Gasteiger partial charge < -0.3 is 15.4 Å². The number of hydrogen-bond acceptors (Lipinski definition) is 3. The molecule has 0 aromatic carbocycles. The van der Waals surface area contributed by atoms with Crippen molar-refractivity contribution < 1.29 is 42.3 Å². The van der Waals surface area contributed by atoms with Gasteiger partial charge in [0.05, 0.1) is 6.04 Å². The van der Waals surface area contributed by atoms with Gasteiger partial charge in [0.25, 0.3) is 0 Å². The molecule has 1 saturated carbocycles. The van der Waals surface area contributed by atoms with Crippen molar-refractivity contribution in [2.24, 2.45) is 5.92 Å². The molecule has 0 bridgehead atoms. The normalized spacial score (nSPS) is 25.6. The number of rotatable bonds is 5. The molecular weight excluding hydrogens is 281 g/mol. The zero-order valence-corrected chi connectivity index (χ0v) is 12.6. The second-order valence-electron chi connectivity index (χ2n) is 4.07. The third kappa shape index (κ3) is 4.60. The molecule has 16 heavy (non-hydrogen) atoms. The third-order valence-corrected chi connectivity index (χ3v) is 3.02. The summed E-state index contributed by atoms with van der Waals surface area (Å²) in [7, 11) is 3.62. The summed E-state index contributed by atoms with van der Waals surface area (Å²) in [4.78, 5) is 22.3. The fourth-order valence-electron chi connectivity index (χ4n) is 1.94. The summed E-state index contributed by atoms with van der Waals surface area (Å²) in [5.74, 6) is 0.0463. The van der Waals surface area contributed by atoms with E-state index in [0.29, 0.717) is 12.5 Å². The van der Waals surface area contributed by atoms with Crippen molar-refractivity contribution >= 4 is 12.2 Å². The van der Waals surface area contributed by atoms with Crippen LogP contribution in [0.5, 0.6) is 0 Å². The molecule has 0 aromatic rings. The summed E-state index contributed by atoms with van der Waals surface area (Å²) in [5, 5.41) is 5.68. The molecule has 5 heteroatoms. The molecule has 1 amide bonds. The Morgan fingerprint density at radius 3 is 2.69 bits per heavy atom. The zero-order valence-electron chi connectivity index (χ0n) is 9.74. The van der Waals surface area contributed by atoms with E-state index in [-0.39, 0.29) is 50.6 Å². The Morgan fingerprint density at radius 1 is 1.56 bits per heavy atom. The van der Waals surface area contributed by atoms with Gasteiger partial charge in [-0.2, -0.15) is 0 Å². The summed E-state index contributed by atoms with van der Waals surface area (Å²) in [6, 6.07) is 0.0151. The Kier molecular flexibility index (Phi) is 8.42. The van der Waals surface area contributed by atoms with Crippen LogP contribution in [0.2, 0.25) is 0 Å². The first-order chi connectivity index (χ1) is 7.21. The first-order valence-electron chi connectivity index (χ1n) is 5.49. The van der Waals surface area contributed by atoms with Gasteiger partial charge in [-0.3, -0.25) is 11.8 Å². The standard InChI is InChI=1S/C11H19N2O2.Y/c1-3-9(7-14)13-11(15)8-4-5-10(6-8)12-2;/h7-10,12H,2-6H2,1H3,(H,13,15);/q-1;/t8-,9-,10-;/m0./s1. The van der Waals surface area contributed by atoms with Crippen LogP contribution in [0.1, 0.15) is 32.6 Å². The van der Waals surface area contributed by atoms with E-state index in [9.17, 15) is 9.59 Å². The molecular formula is C11H19N2O2Y-. The molecule has 0 saturated heterocycles. The summed E-state index contributed by atoms with van der Waals surface area (Å²) in [6.07, 6.45) is 4.14. The number of carbonyl (C=O) groups is 2. The molecule has 1 aliphatic carbocycles. The molecule has 1 fully saturated rings. The minimum Gasteiger partial charge on any atom is -0.470 e. The molecule has 4 nitrogen and oxygen atoms in total. The molecule has 1 aliphatic rings. The van der Waals surface area contributed by atoms with E-state index in [4.69, 9.17) is 0 Å². The van der Waals surface area contributed by atoms with Gasteiger partial charge in [-0.1, -0.05) is 6.92 Å². The van der Waals surface area contributed by atoms with Gasteiger partial charge in [0.1, 0.15) is 6.29 Å². The molecule has 0 spiro atoms. The second kappa shape index (κ2) is 8.32. The van der Waals surface area contributed by atoms with Crippen molar-refractivity contribution in [1.29, 1.82) is 0 Å². The van der Waals surface area contributed by atoms with Crippen molar-refractivity contribution in [2.45, 2.75) is 44.7 Å². The first-order valence-corrected chi connectivity index (χ1v) is 5.49. The van der Waals surface area contributed by atoms with Crippen LogP contribution in [0.15, 0.2) is 0 Å². The summed E-state index contributed by atoms with van der Waals surface area (Å²) in [6.45, 7) is 1.88. The Bertz CT molecular complexity index is 236. The van der Waals surface area contributed by atoms with Crippen molar-refractivity contribution in [2.75, 3.05) is 0 Å². The van der Waals surface area contributed by atoms with Gasteiger partial charge in [0.15, 0.2) is 0 Å². The third-order valence-electron chi connectivity index (χ3n) is 3.02. The van der Waals surface area contributed by atoms with Crippen LogP contribution in [0, 0.1) is 13.0 Å². The van der Waals surface area contributed by atoms with Gasteiger partial charge in [-0.05, 0) is 31.7 Å². The fraction of sp³-hybridized carbons (Fsp3) is 0.727. The smallest absolute Gasteiger partial charge is 0.223 e. The van der Waals surface area contributed by atoms with Crippen molar-refractivity contribution in [3.63, 3.8) is 0 Å². The van der Waals surface area contributed by atoms with E-state index < -0.39 is 0 Å². The Balaban J connectivity index is 0.00000225. The molecule has 3 atom stereocenters. The second-order valence-corrected chi connectivity index (χ2v) is 4.07. The molecule has 1 rings (SSSR count). The number of amides is 1. The van der Waals surface area contributed by atoms with Crippen LogP contribution in [0.3, 0.4) is 0 Å². The molecule has 0 aromatic heterocycles.